The van der Waals surface area contributed by atoms with Gasteiger partial charge in [0, 0.05) is 28.5 Å². The zero-order valence-corrected chi connectivity index (χ0v) is 19.1. The molecule has 174 valence electrons. The van der Waals surface area contributed by atoms with E-state index in [0.717, 1.165) is 6.07 Å². The number of rotatable bonds is 7. The van der Waals surface area contributed by atoms with Gasteiger partial charge >= 0.3 is 5.97 Å². The van der Waals surface area contributed by atoms with Crippen molar-refractivity contribution in [3.05, 3.63) is 92.2 Å². The van der Waals surface area contributed by atoms with Crippen molar-refractivity contribution < 1.29 is 32.9 Å². The Morgan fingerprint density at radius 1 is 1.03 bits per heavy atom. The van der Waals surface area contributed by atoms with Crippen LogP contribution in [-0.2, 0) is 16.6 Å². The lowest BCUT2D eigenvalue weighted by atomic mass is 9.76. The minimum absolute atomic E-state index is 0.0271. The minimum atomic E-state index is -1.31. The molecule has 0 unspecified atom stereocenters. The maximum atomic E-state index is 15.6. The van der Waals surface area contributed by atoms with Gasteiger partial charge in [-0.3, -0.25) is 0 Å². The number of hydrogen-bond donors (Lipinski definition) is 2. The van der Waals surface area contributed by atoms with E-state index < -0.39 is 46.2 Å². The van der Waals surface area contributed by atoms with E-state index in [4.69, 9.17) is 33.0 Å². The van der Waals surface area contributed by atoms with Gasteiger partial charge in [-0.2, -0.15) is 0 Å². The average molecular weight is 499 g/mol. The number of aromatic hydroxyl groups is 1. The highest BCUT2D eigenvalue weighted by atomic mass is 35.5. The second kappa shape index (κ2) is 9.53. The first-order valence-corrected chi connectivity index (χ1v) is 10.5. The van der Waals surface area contributed by atoms with Crippen molar-refractivity contribution in [1.29, 1.82) is 0 Å². The van der Waals surface area contributed by atoms with Crippen LogP contribution in [0.1, 0.15) is 36.1 Å². The third-order valence-corrected chi connectivity index (χ3v) is 6.06. The van der Waals surface area contributed by atoms with Gasteiger partial charge < -0.3 is 14.9 Å². The maximum absolute atomic E-state index is 15.6. The van der Waals surface area contributed by atoms with Gasteiger partial charge in [0.05, 0.1) is 5.02 Å². The normalized spacial score (nSPS) is 11.5. The van der Waals surface area contributed by atoms with Crippen molar-refractivity contribution in [2.24, 2.45) is 0 Å². The number of carboxylic acid groups (broad SMARTS) is 1. The summed E-state index contributed by atoms with van der Waals surface area (Å²) in [5.74, 6) is -4.28. The molecule has 4 nitrogen and oxygen atoms in total. The Morgan fingerprint density at radius 3 is 2.27 bits per heavy atom. The second-order valence-corrected chi connectivity index (χ2v) is 8.67. The topological polar surface area (TPSA) is 66.8 Å². The molecule has 2 N–H and O–H groups in total. The highest BCUT2D eigenvalue weighted by molar-refractivity contribution is 6.36. The summed E-state index contributed by atoms with van der Waals surface area (Å²) >= 11 is 12.3. The van der Waals surface area contributed by atoms with Crippen LogP contribution in [0.25, 0.3) is 0 Å². The first-order chi connectivity index (χ1) is 15.4. The molecular formula is C24H19Cl2F3O4. The van der Waals surface area contributed by atoms with Crippen molar-refractivity contribution in [2.75, 3.05) is 6.61 Å². The van der Waals surface area contributed by atoms with Crippen LogP contribution in [0.4, 0.5) is 13.2 Å². The van der Waals surface area contributed by atoms with Crippen LogP contribution >= 0.6 is 23.2 Å². The number of halogens is 5. The molecule has 0 saturated heterocycles. The first-order valence-electron chi connectivity index (χ1n) is 9.71. The lowest BCUT2D eigenvalue weighted by Gasteiger charge is -2.28. The minimum Gasteiger partial charge on any atom is -0.508 e. The molecule has 0 atom stereocenters. The molecule has 0 aromatic heterocycles. The van der Waals surface area contributed by atoms with Crippen molar-refractivity contribution in [1.82, 2.24) is 0 Å². The predicted molar refractivity (Wildman–Crippen MR) is 119 cm³/mol. The Kier molecular flexibility index (Phi) is 7.14. The standard InChI is InChI=1S/C24H19Cl2F3O4/c1-24(2,13-4-6-14(27)7-5-13)20-17(30)8-3-12(22(20)28)9-15-16(25)10-18(23(29)21(15)26)33-11-19(31)32/h3-8,10,30H,9,11H2,1-2H3,(H,31,32). The van der Waals surface area contributed by atoms with E-state index in [2.05, 4.69) is 0 Å². The van der Waals surface area contributed by atoms with Gasteiger partial charge in [0.15, 0.2) is 18.2 Å². The summed E-state index contributed by atoms with van der Waals surface area (Å²) in [6, 6.07) is 9.19. The Bertz CT molecular complexity index is 1210. The lowest BCUT2D eigenvalue weighted by molar-refractivity contribution is -0.139. The fourth-order valence-electron chi connectivity index (χ4n) is 3.56. The van der Waals surface area contributed by atoms with Gasteiger partial charge in [0.1, 0.15) is 17.4 Å². The Morgan fingerprint density at radius 2 is 1.67 bits per heavy atom. The van der Waals surface area contributed by atoms with Crippen molar-refractivity contribution in [2.45, 2.75) is 25.7 Å². The van der Waals surface area contributed by atoms with Crippen LogP contribution < -0.4 is 4.74 Å². The molecule has 3 aromatic carbocycles. The van der Waals surface area contributed by atoms with Crippen LogP contribution in [0, 0.1) is 17.5 Å². The number of carbonyl (C=O) groups is 1. The van der Waals surface area contributed by atoms with Crippen LogP contribution in [0.15, 0.2) is 42.5 Å². The first kappa shape index (κ1) is 24.7. The molecule has 0 aliphatic carbocycles. The molecular weight excluding hydrogens is 480 g/mol. The molecule has 3 aromatic rings. The molecule has 0 aliphatic heterocycles. The number of phenolic OH excluding ortho intramolecular Hbond substituents is 1. The predicted octanol–water partition coefficient (Wildman–Crippen LogP) is 6.50. The third kappa shape index (κ3) is 5.04. The molecule has 0 aliphatic rings. The van der Waals surface area contributed by atoms with Gasteiger partial charge in [-0.25, -0.2) is 18.0 Å². The summed E-state index contributed by atoms with van der Waals surface area (Å²) in [5.41, 5.74) is -0.349. The molecule has 0 heterocycles. The summed E-state index contributed by atoms with van der Waals surface area (Å²) in [6.07, 6.45) is -0.216. The van der Waals surface area contributed by atoms with Gasteiger partial charge in [0.25, 0.3) is 0 Å². The molecule has 3 rings (SSSR count). The van der Waals surface area contributed by atoms with E-state index in [1.165, 1.54) is 36.4 Å². The zero-order valence-electron chi connectivity index (χ0n) is 17.6. The third-order valence-electron chi connectivity index (χ3n) is 5.33. The Labute approximate surface area is 198 Å². The van der Waals surface area contributed by atoms with E-state index in [-0.39, 0.29) is 33.9 Å². The summed E-state index contributed by atoms with van der Waals surface area (Å²) < 4.78 is 48.4. The van der Waals surface area contributed by atoms with Gasteiger partial charge in [-0.15, -0.1) is 0 Å². The average Bonchev–Trinajstić information content (AvgIpc) is 2.74. The number of ether oxygens (including phenoxy) is 1. The molecule has 33 heavy (non-hydrogen) atoms. The fraction of sp³-hybridized carbons (Fsp3) is 0.208. The van der Waals surface area contributed by atoms with Crippen molar-refractivity contribution in [3.8, 4) is 11.5 Å². The number of hydrogen-bond acceptors (Lipinski definition) is 3. The van der Waals surface area contributed by atoms with Gasteiger partial charge in [-0.1, -0.05) is 55.2 Å². The molecule has 0 radical (unpaired) electrons. The molecule has 0 amide bonds. The van der Waals surface area contributed by atoms with Crippen molar-refractivity contribution >= 4 is 29.2 Å². The van der Waals surface area contributed by atoms with E-state index in [9.17, 15) is 18.7 Å². The van der Waals surface area contributed by atoms with E-state index in [1.807, 2.05) is 0 Å². The van der Waals surface area contributed by atoms with Gasteiger partial charge in [0.2, 0.25) is 0 Å². The number of aliphatic carboxylic acids is 1. The zero-order chi connectivity index (χ0) is 24.5. The Balaban J connectivity index is 2.04. The largest absolute Gasteiger partial charge is 0.508 e. The molecule has 0 bridgehead atoms. The molecule has 9 heteroatoms. The summed E-state index contributed by atoms with van der Waals surface area (Å²) in [7, 11) is 0. The van der Waals surface area contributed by atoms with E-state index in [1.54, 1.807) is 13.8 Å². The summed E-state index contributed by atoms with van der Waals surface area (Å²) in [6.45, 7) is 2.56. The fourth-order valence-corrected chi connectivity index (χ4v) is 4.13. The number of phenols is 1. The Hall–Kier alpha value is -2.90. The highest BCUT2D eigenvalue weighted by Gasteiger charge is 2.31. The van der Waals surface area contributed by atoms with Crippen LogP contribution in [0.5, 0.6) is 11.5 Å². The summed E-state index contributed by atoms with van der Waals surface area (Å²) in [5, 5.41) is 18.7. The highest BCUT2D eigenvalue weighted by Crippen LogP contribution is 2.41. The number of carboxylic acids is 1. The second-order valence-electron chi connectivity index (χ2n) is 7.89. The number of benzene rings is 3. The van der Waals surface area contributed by atoms with Crippen LogP contribution in [0.2, 0.25) is 10.0 Å². The van der Waals surface area contributed by atoms with Crippen LogP contribution in [0.3, 0.4) is 0 Å². The van der Waals surface area contributed by atoms with E-state index in [0.29, 0.717) is 5.56 Å². The molecule has 0 saturated carbocycles. The quantitative estimate of drug-likeness (QED) is 0.365. The van der Waals surface area contributed by atoms with Crippen molar-refractivity contribution in [3.63, 3.8) is 0 Å². The van der Waals surface area contributed by atoms with Crippen LogP contribution in [-0.4, -0.2) is 22.8 Å². The molecule has 0 spiro atoms. The van der Waals surface area contributed by atoms with Gasteiger partial charge in [-0.05, 0) is 34.9 Å². The maximum Gasteiger partial charge on any atom is 0.341 e. The molecule has 0 fully saturated rings. The monoisotopic (exact) mass is 498 g/mol. The smallest absolute Gasteiger partial charge is 0.341 e. The summed E-state index contributed by atoms with van der Waals surface area (Å²) in [4.78, 5) is 10.7. The van der Waals surface area contributed by atoms with E-state index >= 15 is 4.39 Å². The lowest BCUT2D eigenvalue weighted by Crippen LogP contribution is -2.22. The SMILES string of the molecule is CC(C)(c1ccc(F)cc1)c1c(O)ccc(Cc2c(Cl)cc(OCC(=O)O)c(F)c2Cl)c1F.